The van der Waals surface area contributed by atoms with Crippen LogP contribution in [0.15, 0.2) is 53.6 Å². The zero-order chi connectivity index (χ0) is 20.1. The number of fused-ring (bicyclic) bond motifs is 1. The number of esters is 2. The van der Waals surface area contributed by atoms with Crippen molar-refractivity contribution in [1.29, 1.82) is 0 Å². The lowest BCUT2D eigenvalue weighted by Crippen LogP contribution is -2.31. The van der Waals surface area contributed by atoms with Gasteiger partial charge in [0.15, 0.2) is 0 Å². The number of hydrogen-bond acceptors (Lipinski definition) is 6. The fourth-order valence-electron chi connectivity index (χ4n) is 3.03. The molecular formula is C21H20N2O5. The van der Waals surface area contributed by atoms with E-state index in [0.29, 0.717) is 5.39 Å². The molecule has 0 aliphatic heterocycles. The van der Waals surface area contributed by atoms with Gasteiger partial charge in [-0.25, -0.2) is 9.59 Å². The second-order valence-electron chi connectivity index (χ2n) is 5.96. The average molecular weight is 380 g/mol. The molecule has 0 spiro atoms. The number of aromatic nitrogens is 2. The number of carbonyl (C=O) groups excluding carboxylic acids is 2. The first-order chi connectivity index (χ1) is 13.6. The summed E-state index contributed by atoms with van der Waals surface area (Å²) in [5, 5.41) is 0.542. The van der Waals surface area contributed by atoms with E-state index in [4.69, 9.17) is 9.47 Å². The second kappa shape index (κ2) is 8.47. The first-order valence-corrected chi connectivity index (χ1v) is 8.97. The molecule has 0 saturated heterocycles. The minimum atomic E-state index is -0.753. The normalized spacial score (nSPS) is 10.6. The van der Waals surface area contributed by atoms with Crippen LogP contribution in [0.1, 0.15) is 40.3 Å². The van der Waals surface area contributed by atoms with E-state index in [0.717, 1.165) is 5.56 Å². The van der Waals surface area contributed by atoms with Gasteiger partial charge in [0.25, 0.3) is 5.56 Å². The highest BCUT2D eigenvalue weighted by molar-refractivity contribution is 6.11. The first kappa shape index (κ1) is 19.3. The van der Waals surface area contributed by atoms with Crippen molar-refractivity contribution in [1.82, 2.24) is 9.55 Å². The molecule has 0 radical (unpaired) electrons. The molecule has 0 aliphatic rings. The van der Waals surface area contributed by atoms with E-state index in [1.54, 1.807) is 13.8 Å². The van der Waals surface area contributed by atoms with Crippen molar-refractivity contribution in [2.24, 2.45) is 0 Å². The maximum atomic E-state index is 13.2. The van der Waals surface area contributed by atoms with Crippen LogP contribution in [0, 0.1) is 0 Å². The fourth-order valence-corrected chi connectivity index (χ4v) is 3.03. The highest BCUT2D eigenvalue weighted by atomic mass is 16.5. The number of carbonyl (C=O) groups is 2. The summed E-state index contributed by atoms with van der Waals surface area (Å²) in [4.78, 5) is 42.7. The molecule has 2 heterocycles. The first-order valence-electron chi connectivity index (χ1n) is 8.97. The third-order valence-corrected chi connectivity index (χ3v) is 4.20. The Balaban J connectivity index is 2.37. The van der Waals surface area contributed by atoms with Crippen LogP contribution < -0.4 is 5.56 Å². The van der Waals surface area contributed by atoms with Gasteiger partial charge in [0.1, 0.15) is 5.69 Å². The van der Waals surface area contributed by atoms with Gasteiger partial charge in [0.05, 0.1) is 30.7 Å². The number of ether oxygens (including phenoxy) is 2. The van der Waals surface area contributed by atoms with Crippen molar-refractivity contribution in [3.05, 3.63) is 76.0 Å². The number of nitrogens with zero attached hydrogens (tertiary/aromatic N) is 2. The zero-order valence-electron chi connectivity index (χ0n) is 15.7. The molecule has 0 fully saturated rings. The van der Waals surface area contributed by atoms with Crippen molar-refractivity contribution in [3.8, 4) is 0 Å². The Labute approximate surface area is 161 Å². The van der Waals surface area contributed by atoms with Gasteiger partial charge in [-0.2, -0.15) is 0 Å². The molecule has 0 atom stereocenters. The molecule has 1 aromatic carbocycles. The van der Waals surface area contributed by atoms with Crippen LogP contribution in [-0.4, -0.2) is 34.7 Å². The lowest BCUT2D eigenvalue weighted by atomic mass is 10.0. The summed E-state index contributed by atoms with van der Waals surface area (Å²) >= 11 is 0. The number of rotatable bonds is 6. The highest BCUT2D eigenvalue weighted by Crippen LogP contribution is 2.22. The van der Waals surface area contributed by atoms with Gasteiger partial charge in [-0.15, -0.1) is 0 Å². The van der Waals surface area contributed by atoms with Gasteiger partial charge in [0.2, 0.25) is 0 Å². The zero-order valence-corrected chi connectivity index (χ0v) is 15.7. The molecule has 7 nitrogen and oxygen atoms in total. The van der Waals surface area contributed by atoms with Gasteiger partial charge < -0.3 is 9.47 Å². The van der Waals surface area contributed by atoms with Gasteiger partial charge in [-0.3, -0.25) is 14.3 Å². The molecule has 144 valence electrons. The quantitative estimate of drug-likeness (QED) is 0.611. The summed E-state index contributed by atoms with van der Waals surface area (Å²) in [5.41, 5.74) is 0.261. The molecule has 0 saturated carbocycles. The molecule has 28 heavy (non-hydrogen) atoms. The van der Waals surface area contributed by atoms with Crippen molar-refractivity contribution in [3.63, 3.8) is 0 Å². The Morgan fingerprint density at radius 1 is 0.964 bits per heavy atom. The Morgan fingerprint density at radius 2 is 1.64 bits per heavy atom. The molecule has 0 unspecified atom stereocenters. The summed E-state index contributed by atoms with van der Waals surface area (Å²) in [6.07, 6.45) is 2.85. The topological polar surface area (TPSA) is 87.5 Å². The Kier molecular flexibility index (Phi) is 5.84. The van der Waals surface area contributed by atoms with Gasteiger partial charge in [-0.1, -0.05) is 30.3 Å². The standard InChI is InChI=1S/C21H20N2O5/c1-3-27-20(25)17-15-10-11-22-12-16(15)19(24)23(18(17)21(26)28-4-2)13-14-8-6-5-7-9-14/h5-12H,3-4,13H2,1-2H3. The predicted molar refractivity (Wildman–Crippen MR) is 103 cm³/mol. The predicted octanol–water partition coefficient (Wildman–Crippen LogP) is 2.80. The third-order valence-electron chi connectivity index (χ3n) is 4.20. The summed E-state index contributed by atoms with van der Waals surface area (Å²) in [6, 6.07) is 10.7. The van der Waals surface area contributed by atoms with E-state index in [1.165, 1.54) is 23.0 Å². The summed E-state index contributed by atoms with van der Waals surface area (Å²) in [5.74, 6) is -1.44. The van der Waals surface area contributed by atoms with Crippen molar-refractivity contribution < 1.29 is 19.1 Å². The van der Waals surface area contributed by atoms with Crippen LogP contribution in [-0.2, 0) is 16.0 Å². The van der Waals surface area contributed by atoms with E-state index in [-0.39, 0.29) is 36.4 Å². The maximum absolute atomic E-state index is 13.2. The lowest BCUT2D eigenvalue weighted by molar-refractivity contribution is 0.0469. The number of benzene rings is 1. The molecular weight excluding hydrogens is 360 g/mol. The molecule has 3 rings (SSSR count). The van der Waals surface area contributed by atoms with Crippen LogP contribution >= 0.6 is 0 Å². The smallest absolute Gasteiger partial charge is 0.355 e. The maximum Gasteiger partial charge on any atom is 0.355 e. The van der Waals surface area contributed by atoms with E-state index < -0.39 is 17.5 Å². The van der Waals surface area contributed by atoms with Crippen LogP contribution in [0.3, 0.4) is 0 Å². The van der Waals surface area contributed by atoms with E-state index >= 15 is 0 Å². The average Bonchev–Trinajstić information content (AvgIpc) is 2.71. The summed E-state index contributed by atoms with van der Waals surface area (Å²) in [7, 11) is 0. The minimum Gasteiger partial charge on any atom is -0.462 e. The molecule has 3 aromatic rings. The summed E-state index contributed by atoms with van der Waals surface area (Å²) < 4.78 is 11.6. The highest BCUT2D eigenvalue weighted by Gasteiger charge is 2.28. The van der Waals surface area contributed by atoms with Crippen LogP contribution in [0.25, 0.3) is 10.8 Å². The van der Waals surface area contributed by atoms with Crippen molar-refractivity contribution >= 4 is 22.7 Å². The largest absolute Gasteiger partial charge is 0.462 e. The van der Waals surface area contributed by atoms with Gasteiger partial charge in [0, 0.05) is 17.8 Å². The van der Waals surface area contributed by atoms with Crippen molar-refractivity contribution in [2.45, 2.75) is 20.4 Å². The molecule has 0 amide bonds. The number of hydrogen-bond donors (Lipinski definition) is 0. The van der Waals surface area contributed by atoms with Gasteiger partial charge in [-0.05, 0) is 25.5 Å². The Bertz CT molecular complexity index is 1070. The van der Waals surface area contributed by atoms with Crippen LogP contribution in [0.4, 0.5) is 0 Å². The fraction of sp³-hybridized carbons (Fsp3) is 0.238. The molecule has 0 aliphatic carbocycles. The molecule has 2 aromatic heterocycles. The second-order valence-corrected chi connectivity index (χ2v) is 5.96. The van der Waals surface area contributed by atoms with Gasteiger partial charge >= 0.3 is 11.9 Å². The monoisotopic (exact) mass is 380 g/mol. The van der Waals surface area contributed by atoms with E-state index in [9.17, 15) is 14.4 Å². The minimum absolute atomic E-state index is 0.00762. The Hall–Kier alpha value is -3.48. The summed E-state index contributed by atoms with van der Waals surface area (Å²) in [6.45, 7) is 3.67. The molecule has 0 N–H and O–H groups in total. The molecule has 7 heteroatoms. The van der Waals surface area contributed by atoms with E-state index in [2.05, 4.69) is 4.98 Å². The SMILES string of the molecule is CCOC(=O)c1c(C(=O)OCC)n(Cc2ccccc2)c(=O)c2cnccc12. The van der Waals surface area contributed by atoms with Crippen LogP contribution in [0.2, 0.25) is 0 Å². The van der Waals surface area contributed by atoms with Crippen LogP contribution in [0.5, 0.6) is 0 Å². The lowest BCUT2D eigenvalue weighted by Gasteiger charge is -2.17. The Morgan fingerprint density at radius 3 is 2.32 bits per heavy atom. The third kappa shape index (κ3) is 3.64. The molecule has 0 bridgehead atoms. The number of pyridine rings is 2. The van der Waals surface area contributed by atoms with Crippen molar-refractivity contribution in [2.75, 3.05) is 13.2 Å². The van der Waals surface area contributed by atoms with E-state index in [1.807, 2.05) is 30.3 Å².